The van der Waals surface area contributed by atoms with Crippen molar-refractivity contribution in [2.75, 3.05) is 5.73 Å². The predicted octanol–water partition coefficient (Wildman–Crippen LogP) is 2.97. The average molecular weight is 270 g/mol. The molecule has 2 rings (SSSR count). The van der Waals surface area contributed by atoms with Crippen LogP contribution in [0.5, 0.6) is 0 Å². The summed E-state index contributed by atoms with van der Waals surface area (Å²) in [6.45, 7) is 3.71. The van der Waals surface area contributed by atoms with Gasteiger partial charge in [0.1, 0.15) is 4.90 Å². The van der Waals surface area contributed by atoms with Crippen LogP contribution >= 0.6 is 10.7 Å². The Balaban J connectivity index is 3.12. The van der Waals surface area contributed by atoms with Crippen LogP contribution < -0.4 is 5.73 Å². The molecule has 0 aliphatic heterocycles. The molecule has 0 atom stereocenters. The Bertz CT molecular complexity index is 708. The van der Waals surface area contributed by atoms with Crippen molar-refractivity contribution in [3.8, 4) is 0 Å². The molecule has 0 aliphatic rings. The van der Waals surface area contributed by atoms with Crippen LogP contribution in [-0.4, -0.2) is 8.42 Å². The van der Waals surface area contributed by atoms with Crippen molar-refractivity contribution in [1.29, 1.82) is 0 Å². The first-order valence-electron chi connectivity index (χ1n) is 5.06. The molecular weight excluding hydrogens is 258 g/mol. The van der Waals surface area contributed by atoms with E-state index in [4.69, 9.17) is 16.4 Å². The molecule has 3 nitrogen and oxygen atoms in total. The lowest BCUT2D eigenvalue weighted by atomic mass is 9.99. The lowest BCUT2D eigenvalue weighted by Crippen LogP contribution is -2.03. The molecule has 0 unspecified atom stereocenters. The highest BCUT2D eigenvalue weighted by atomic mass is 35.7. The Hall–Kier alpha value is -1.26. The summed E-state index contributed by atoms with van der Waals surface area (Å²) < 4.78 is 23.2. The SMILES string of the molecule is Cc1c(N)c(S(=O)(=O)Cl)c2ccccc2c1C. The first-order valence-corrected chi connectivity index (χ1v) is 7.37. The molecule has 0 heterocycles. The van der Waals surface area contributed by atoms with Gasteiger partial charge < -0.3 is 5.73 Å². The van der Waals surface area contributed by atoms with Crippen LogP contribution in [0.25, 0.3) is 10.8 Å². The van der Waals surface area contributed by atoms with Crippen LogP contribution in [0.3, 0.4) is 0 Å². The van der Waals surface area contributed by atoms with E-state index < -0.39 is 9.05 Å². The maximum absolute atomic E-state index is 11.6. The summed E-state index contributed by atoms with van der Waals surface area (Å²) in [6, 6.07) is 7.20. The second kappa shape index (κ2) is 3.89. The van der Waals surface area contributed by atoms with Gasteiger partial charge in [-0.1, -0.05) is 24.3 Å². The van der Waals surface area contributed by atoms with E-state index >= 15 is 0 Å². The number of hydrogen-bond acceptors (Lipinski definition) is 3. The van der Waals surface area contributed by atoms with Crippen LogP contribution in [0.1, 0.15) is 11.1 Å². The van der Waals surface area contributed by atoms with Crippen LogP contribution in [0, 0.1) is 13.8 Å². The van der Waals surface area contributed by atoms with Crippen LogP contribution in [-0.2, 0) is 9.05 Å². The van der Waals surface area contributed by atoms with Gasteiger partial charge in [-0.15, -0.1) is 0 Å². The third kappa shape index (κ3) is 1.87. The minimum absolute atomic E-state index is 0.0119. The molecule has 90 valence electrons. The fraction of sp³-hybridized carbons (Fsp3) is 0.167. The number of benzene rings is 2. The molecule has 2 aromatic carbocycles. The van der Waals surface area contributed by atoms with Gasteiger partial charge in [0, 0.05) is 16.1 Å². The highest BCUT2D eigenvalue weighted by molar-refractivity contribution is 8.14. The highest BCUT2D eigenvalue weighted by Gasteiger charge is 2.21. The zero-order valence-corrected chi connectivity index (χ0v) is 11.1. The van der Waals surface area contributed by atoms with Crippen molar-refractivity contribution in [1.82, 2.24) is 0 Å². The minimum Gasteiger partial charge on any atom is -0.397 e. The molecule has 2 N–H and O–H groups in total. The first kappa shape index (κ1) is 12.2. The Morgan fingerprint density at radius 3 is 2.12 bits per heavy atom. The number of halogens is 1. The number of aryl methyl sites for hydroxylation is 1. The largest absolute Gasteiger partial charge is 0.397 e. The Morgan fingerprint density at radius 1 is 1.06 bits per heavy atom. The van der Waals surface area contributed by atoms with Crippen molar-refractivity contribution >= 4 is 36.2 Å². The molecule has 0 spiro atoms. The zero-order chi connectivity index (χ0) is 12.8. The Kier molecular flexibility index (Phi) is 2.79. The number of fused-ring (bicyclic) bond motifs is 1. The van der Waals surface area contributed by atoms with Gasteiger partial charge in [0.15, 0.2) is 0 Å². The fourth-order valence-corrected chi connectivity index (χ4v) is 3.35. The van der Waals surface area contributed by atoms with Crippen LogP contribution in [0.2, 0.25) is 0 Å². The third-order valence-electron chi connectivity index (χ3n) is 3.03. The molecular formula is C12H12ClNO2S. The van der Waals surface area contributed by atoms with Crippen molar-refractivity contribution in [3.05, 3.63) is 35.4 Å². The molecule has 5 heteroatoms. The number of rotatable bonds is 1. The lowest BCUT2D eigenvalue weighted by molar-refractivity contribution is 0.610. The smallest absolute Gasteiger partial charge is 0.263 e. The van der Waals surface area contributed by atoms with Gasteiger partial charge in [-0.3, -0.25) is 0 Å². The van der Waals surface area contributed by atoms with Crippen molar-refractivity contribution in [2.45, 2.75) is 18.7 Å². The average Bonchev–Trinajstić information content (AvgIpc) is 2.24. The summed E-state index contributed by atoms with van der Waals surface area (Å²) in [5, 5.41) is 1.43. The molecule has 2 aromatic rings. The minimum atomic E-state index is -3.85. The summed E-state index contributed by atoms with van der Waals surface area (Å²) in [5.74, 6) is 0. The molecule has 0 aliphatic carbocycles. The van der Waals surface area contributed by atoms with E-state index in [-0.39, 0.29) is 10.6 Å². The summed E-state index contributed by atoms with van der Waals surface area (Å²) in [4.78, 5) is 0.0119. The second-order valence-corrected chi connectivity index (χ2v) is 6.48. The van der Waals surface area contributed by atoms with E-state index in [1.807, 2.05) is 19.1 Å². The molecule has 0 fully saturated rings. The zero-order valence-electron chi connectivity index (χ0n) is 9.49. The van der Waals surface area contributed by atoms with Crippen LogP contribution in [0.15, 0.2) is 29.2 Å². The molecule has 0 aromatic heterocycles. The Morgan fingerprint density at radius 2 is 1.59 bits per heavy atom. The number of nitrogens with two attached hydrogens (primary N) is 1. The van der Waals surface area contributed by atoms with Crippen molar-refractivity contribution in [2.24, 2.45) is 0 Å². The van der Waals surface area contributed by atoms with Crippen molar-refractivity contribution < 1.29 is 8.42 Å². The van der Waals surface area contributed by atoms with E-state index in [9.17, 15) is 8.42 Å². The number of nitrogen functional groups attached to an aromatic ring is 1. The summed E-state index contributed by atoms with van der Waals surface area (Å²) in [7, 11) is 1.61. The molecule has 17 heavy (non-hydrogen) atoms. The van der Waals surface area contributed by atoms with Gasteiger partial charge in [0.05, 0.1) is 5.69 Å². The third-order valence-corrected chi connectivity index (χ3v) is 4.42. The summed E-state index contributed by atoms with van der Waals surface area (Å²) in [6.07, 6.45) is 0. The molecule has 0 amide bonds. The topological polar surface area (TPSA) is 60.2 Å². The fourth-order valence-electron chi connectivity index (χ4n) is 1.99. The highest BCUT2D eigenvalue weighted by Crippen LogP contribution is 2.36. The van der Waals surface area contributed by atoms with E-state index in [2.05, 4.69) is 0 Å². The van der Waals surface area contributed by atoms with Gasteiger partial charge >= 0.3 is 0 Å². The van der Waals surface area contributed by atoms with Gasteiger partial charge in [0.25, 0.3) is 9.05 Å². The molecule has 0 saturated heterocycles. The first-order chi connectivity index (χ1) is 7.84. The number of hydrogen-bond donors (Lipinski definition) is 1. The summed E-state index contributed by atoms with van der Waals surface area (Å²) in [5.41, 5.74) is 7.83. The van der Waals surface area contributed by atoms with E-state index in [1.165, 1.54) is 0 Å². The molecule has 0 radical (unpaired) electrons. The van der Waals surface area contributed by atoms with Gasteiger partial charge in [-0.25, -0.2) is 8.42 Å². The van der Waals surface area contributed by atoms with Crippen molar-refractivity contribution in [3.63, 3.8) is 0 Å². The normalized spacial score (nSPS) is 11.9. The van der Waals surface area contributed by atoms with Gasteiger partial charge in [-0.05, 0) is 30.4 Å². The second-order valence-electron chi connectivity index (χ2n) is 3.98. The van der Waals surface area contributed by atoms with E-state index in [0.29, 0.717) is 5.39 Å². The molecule has 0 bridgehead atoms. The van der Waals surface area contributed by atoms with E-state index in [0.717, 1.165) is 16.5 Å². The Labute approximate surface area is 105 Å². The molecule has 0 saturated carbocycles. The van der Waals surface area contributed by atoms with E-state index in [1.54, 1.807) is 19.1 Å². The van der Waals surface area contributed by atoms with Crippen LogP contribution in [0.4, 0.5) is 5.69 Å². The quantitative estimate of drug-likeness (QED) is 0.640. The van der Waals surface area contributed by atoms with Gasteiger partial charge in [0.2, 0.25) is 0 Å². The lowest BCUT2D eigenvalue weighted by Gasteiger charge is -2.13. The standard InChI is InChI=1S/C12H12ClNO2S/c1-7-8(2)11(14)12(17(13,15)16)10-6-4-3-5-9(7)10/h3-6H,14H2,1-2H3. The monoisotopic (exact) mass is 269 g/mol. The maximum atomic E-state index is 11.6. The van der Waals surface area contributed by atoms with Gasteiger partial charge in [-0.2, -0.15) is 0 Å². The number of anilines is 1. The predicted molar refractivity (Wildman–Crippen MR) is 70.9 cm³/mol. The maximum Gasteiger partial charge on any atom is 0.263 e. The summed E-state index contributed by atoms with van der Waals surface area (Å²) >= 11 is 0.